The molecule has 5 aliphatic rings. The summed E-state index contributed by atoms with van der Waals surface area (Å²) >= 11 is 0. The molecule has 6 rings (SSSR count). The molecule has 1 aromatic carbocycles. The third kappa shape index (κ3) is 2.02. The highest BCUT2D eigenvalue weighted by atomic mass is 33.1. The molecular weight excluding hydrogens is 414 g/mol. The van der Waals surface area contributed by atoms with Gasteiger partial charge >= 0.3 is 0 Å². The van der Waals surface area contributed by atoms with Crippen molar-refractivity contribution in [2.75, 3.05) is 21.0 Å². The zero-order valence-electron chi connectivity index (χ0n) is 16.3. The molecule has 0 aliphatic carbocycles. The maximum Gasteiger partial charge on any atom is 0.261 e. The maximum atomic E-state index is 13.7. The number of carbonyl (C=O) groups is 2. The van der Waals surface area contributed by atoms with Gasteiger partial charge in [-0.2, -0.15) is 5.26 Å². The molecule has 4 saturated heterocycles. The van der Waals surface area contributed by atoms with Gasteiger partial charge in [-0.1, -0.05) is 21.6 Å². The average molecular weight is 434 g/mol. The monoisotopic (exact) mass is 433 g/mol. The normalized spacial score (nSPS) is 37.0. The van der Waals surface area contributed by atoms with Crippen molar-refractivity contribution >= 4 is 33.4 Å². The predicted molar refractivity (Wildman–Crippen MR) is 106 cm³/mol. The van der Waals surface area contributed by atoms with Crippen LogP contribution in [0.25, 0.3) is 0 Å². The summed E-state index contributed by atoms with van der Waals surface area (Å²) in [5.74, 6) is 1.12. The molecule has 8 nitrogen and oxygen atoms in total. The predicted octanol–water partition coefficient (Wildman–Crippen LogP) is 2.51. The number of methoxy groups -OCH3 is 1. The fraction of sp³-hybridized carbons (Fsp3) is 0.526. The van der Waals surface area contributed by atoms with E-state index in [0.717, 1.165) is 0 Å². The minimum absolute atomic E-state index is 0.0791. The van der Waals surface area contributed by atoms with Crippen LogP contribution >= 0.6 is 21.6 Å². The number of benzene rings is 1. The molecule has 2 amide bonds. The molecule has 1 aromatic rings. The quantitative estimate of drug-likeness (QED) is 0.657. The van der Waals surface area contributed by atoms with E-state index in [0.29, 0.717) is 22.8 Å². The van der Waals surface area contributed by atoms with E-state index < -0.39 is 21.2 Å². The lowest BCUT2D eigenvalue weighted by Gasteiger charge is -2.57. The molecule has 152 valence electrons. The summed E-state index contributed by atoms with van der Waals surface area (Å²) in [7, 11) is 5.94. The van der Waals surface area contributed by atoms with E-state index in [-0.39, 0.29) is 25.0 Å². The van der Waals surface area contributed by atoms with Crippen molar-refractivity contribution in [2.24, 2.45) is 5.41 Å². The van der Waals surface area contributed by atoms with Crippen LogP contribution in [0.15, 0.2) is 12.1 Å². The van der Waals surface area contributed by atoms with Crippen molar-refractivity contribution in [1.82, 2.24) is 9.80 Å². The van der Waals surface area contributed by atoms with E-state index in [4.69, 9.17) is 14.2 Å². The summed E-state index contributed by atoms with van der Waals surface area (Å²) in [6, 6.07) is 5.30. The van der Waals surface area contributed by atoms with Gasteiger partial charge in [0.2, 0.25) is 12.5 Å². The fourth-order valence-corrected chi connectivity index (χ4v) is 8.35. The van der Waals surface area contributed by atoms with Crippen LogP contribution in [0.1, 0.15) is 31.9 Å². The number of nitriles is 1. The van der Waals surface area contributed by atoms with Gasteiger partial charge < -0.3 is 24.0 Å². The van der Waals surface area contributed by atoms with E-state index in [2.05, 4.69) is 6.07 Å². The third-order valence-electron chi connectivity index (χ3n) is 6.37. The summed E-state index contributed by atoms with van der Waals surface area (Å²) < 4.78 is 16.7. The van der Waals surface area contributed by atoms with Crippen molar-refractivity contribution < 1.29 is 23.8 Å². The van der Waals surface area contributed by atoms with Crippen LogP contribution in [0.4, 0.5) is 0 Å². The van der Waals surface area contributed by atoms with Crippen molar-refractivity contribution in [3.63, 3.8) is 0 Å². The van der Waals surface area contributed by atoms with Crippen molar-refractivity contribution in [3.05, 3.63) is 17.7 Å². The minimum Gasteiger partial charge on any atom is -0.492 e. The number of carbonyl (C=O) groups excluding carboxylic acids is 2. The fourth-order valence-electron chi connectivity index (χ4n) is 4.77. The Morgan fingerprint density at radius 2 is 2.00 bits per heavy atom. The molecule has 5 heterocycles. The highest BCUT2D eigenvalue weighted by Crippen LogP contribution is 2.70. The number of rotatable bonds is 2. The van der Waals surface area contributed by atoms with E-state index >= 15 is 0 Å². The van der Waals surface area contributed by atoms with E-state index in [9.17, 15) is 14.9 Å². The Hall–Kier alpha value is -2.25. The Balaban J connectivity index is 1.75. The van der Waals surface area contributed by atoms with Crippen LogP contribution in [0, 0.1) is 16.7 Å². The zero-order chi connectivity index (χ0) is 20.8. The van der Waals surface area contributed by atoms with Gasteiger partial charge in [0.25, 0.3) is 11.8 Å². The van der Waals surface area contributed by atoms with Gasteiger partial charge in [0.1, 0.15) is 0 Å². The summed E-state index contributed by atoms with van der Waals surface area (Å²) in [5, 5.41) is 10.2. The molecule has 0 aromatic heterocycles. The molecule has 2 bridgehead atoms. The first kappa shape index (κ1) is 18.8. The molecule has 29 heavy (non-hydrogen) atoms. The van der Waals surface area contributed by atoms with Gasteiger partial charge in [0.05, 0.1) is 24.6 Å². The second-order valence-corrected chi connectivity index (χ2v) is 10.8. The molecule has 0 unspecified atom stereocenters. The lowest BCUT2D eigenvalue weighted by Crippen LogP contribution is -2.73. The number of nitrogens with zero attached hydrogens (tertiary/aromatic N) is 3. The van der Waals surface area contributed by atoms with Crippen LogP contribution in [0.5, 0.6) is 17.2 Å². The lowest BCUT2D eigenvalue weighted by molar-refractivity contribution is -0.164. The molecule has 4 atom stereocenters. The van der Waals surface area contributed by atoms with E-state index in [1.807, 2.05) is 0 Å². The first-order valence-corrected chi connectivity index (χ1v) is 11.2. The van der Waals surface area contributed by atoms with Gasteiger partial charge in [-0.25, -0.2) is 0 Å². The number of amides is 2. The van der Waals surface area contributed by atoms with Crippen molar-refractivity contribution in [3.8, 4) is 23.3 Å². The summed E-state index contributed by atoms with van der Waals surface area (Å²) in [6.45, 7) is 3.63. The van der Waals surface area contributed by atoms with E-state index in [1.165, 1.54) is 33.6 Å². The Labute approximate surface area is 175 Å². The van der Waals surface area contributed by atoms with Crippen LogP contribution in [0.2, 0.25) is 0 Å². The Morgan fingerprint density at radius 1 is 1.24 bits per heavy atom. The topological polar surface area (TPSA) is 92.1 Å². The number of hydrogen-bond donors (Lipinski definition) is 0. The number of hydrogen-bond acceptors (Lipinski definition) is 8. The largest absolute Gasteiger partial charge is 0.492 e. The van der Waals surface area contributed by atoms with Gasteiger partial charge in [-0.05, 0) is 26.0 Å². The molecule has 5 aliphatic heterocycles. The number of piperazine rings is 1. The van der Waals surface area contributed by atoms with E-state index in [1.54, 1.807) is 37.9 Å². The molecule has 10 heteroatoms. The van der Waals surface area contributed by atoms with Crippen LogP contribution < -0.4 is 14.2 Å². The highest BCUT2D eigenvalue weighted by Gasteiger charge is 2.75. The molecule has 0 radical (unpaired) electrons. The number of ether oxygens (including phenoxy) is 3. The van der Waals surface area contributed by atoms with Crippen LogP contribution in [0.3, 0.4) is 0 Å². The van der Waals surface area contributed by atoms with Crippen molar-refractivity contribution in [1.29, 1.82) is 5.26 Å². The standard InChI is InChI=1S/C19H19N3O5S2/c1-17(8-20)7-19-16(24)21(3)18(2,28-29-19)15(23)22(19)14(17)10-5-6-11-13(12(10)25-4)27-9-26-11/h5-6,14H,7,9H2,1-4H3/t14-,17+,18-,19-/m0/s1. The average Bonchev–Trinajstić information content (AvgIpc) is 3.29. The van der Waals surface area contributed by atoms with Crippen LogP contribution in [-0.4, -0.2) is 52.3 Å². The molecule has 1 spiro atoms. The summed E-state index contributed by atoms with van der Waals surface area (Å²) in [4.78, 5) is 28.0. The van der Waals surface area contributed by atoms with Gasteiger partial charge in [0, 0.05) is 19.0 Å². The van der Waals surface area contributed by atoms with Gasteiger partial charge in [0.15, 0.2) is 21.2 Å². The Morgan fingerprint density at radius 3 is 2.69 bits per heavy atom. The molecular formula is C19H19N3O5S2. The summed E-state index contributed by atoms with van der Waals surface area (Å²) in [6.07, 6.45) is 0.238. The smallest absolute Gasteiger partial charge is 0.261 e. The number of likely N-dealkylation sites (N-methyl/N-ethyl adjacent to an activating group) is 1. The molecule has 0 N–H and O–H groups in total. The summed E-state index contributed by atoms with van der Waals surface area (Å²) in [5.41, 5.74) is -0.348. The first-order valence-electron chi connectivity index (χ1n) is 9.10. The maximum absolute atomic E-state index is 13.7. The van der Waals surface area contributed by atoms with Gasteiger partial charge in [-0.3, -0.25) is 9.59 Å². The third-order valence-corrected chi connectivity index (χ3v) is 10.1. The second-order valence-electron chi connectivity index (χ2n) is 8.00. The zero-order valence-corrected chi connectivity index (χ0v) is 18.0. The SMILES string of the molecule is COc1c([C@@H]2N3C(=O)[C@]4(C)SS[C@@]3(C[C@]2(C)C#N)C(=O)N4C)ccc2c1OCO2. The van der Waals surface area contributed by atoms with Crippen LogP contribution in [-0.2, 0) is 9.59 Å². The van der Waals surface area contributed by atoms with Crippen molar-refractivity contribution in [2.45, 2.75) is 36.1 Å². The highest BCUT2D eigenvalue weighted by molar-refractivity contribution is 8.78. The molecule has 0 saturated carbocycles. The molecule has 4 fully saturated rings. The lowest BCUT2D eigenvalue weighted by atomic mass is 9.79. The second kappa shape index (κ2) is 5.67. The first-order chi connectivity index (χ1) is 13.7. The Bertz CT molecular complexity index is 1010. The van der Waals surface area contributed by atoms with Gasteiger partial charge in [-0.15, -0.1) is 0 Å². The minimum atomic E-state index is -1.12. The Kier molecular flexibility index (Phi) is 3.67. The number of fused-ring (bicyclic) bond motifs is 3.